The predicted molar refractivity (Wildman–Crippen MR) is 88.9 cm³/mol. The standard InChI is InChI=1S/C19H27N/c1-18(2,3)14-19(4,5)20-13-15-10-11-16-8-6-7-9-17(16)12-15/h6-12,20H,13-14H2,1-5H3. The fraction of sp³-hybridized carbons (Fsp3) is 0.474. The highest BCUT2D eigenvalue weighted by Gasteiger charge is 2.24. The van der Waals surface area contributed by atoms with Gasteiger partial charge in [-0.15, -0.1) is 0 Å². The molecule has 0 aromatic heterocycles. The maximum absolute atomic E-state index is 3.70. The molecule has 0 aliphatic heterocycles. The largest absolute Gasteiger partial charge is 0.308 e. The fourth-order valence-electron chi connectivity index (χ4n) is 3.08. The Morgan fingerprint density at radius 1 is 0.850 bits per heavy atom. The summed E-state index contributed by atoms with van der Waals surface area (Å²) >= 11 is 0. The van der Waals surface area contributed by atoms with Crippen molar-refractivity contribution < 1.29 is 0 Å². The van der Waals surface area contributed by atoms with Crippen LogP contribution in [-0.2, 0) is 6.54 Å². The highest BCUT2D eigenvalue weighted by Crippen LogP contribution is 2.27. The van der Waals surface area contributed by atoms with Crippen molar-refractivity contribution in [1.82, 2.24) is 5.32 Å². The van der Waals surface area contributed by atoms with Crippen LogP contribution in [0.4, 0.5) is 0 Å². The minimum atomic E-state index is 0.157. The van der Waals surface area contributed by atoms with Crippen LogP contribution in [0.3, 0.4) is 0 Å². The van der Waals surface area contributed by atoms with E-state index in [0.717, 1.165) is 13.0 Å². The minimum absolute atomic E-state index is 0.157. The van der Waals surface area contributed by atoms with E-state index in [1.54, 1.807) is 0 Å². The molecule has 0 aliphatic rings. The van der Waals surface area contributed by atoms with E-state index in [9.17, 15) is 0 Å². The maximum atomic E-state index is 3.70. The number of nitrogens with one attached hydrogen (secondary N) is 1. The average Bonchev–Trinajstić information content (AvgIpc) is 2.33. The van der Waals surface area contributed by atoms with Crippen molar-refractivity contribution in [2.24, 2.45) is 5.41 Å². The second-order valence-electron chi connectivity index (χ2n) is 7.66. The molecule has 0 amide bonds. The summed E-state index contributed by atoms with van der Waals surface area (Å²) in [6, 6.07) is 15.3. The van der Waals surface area contributed by atoms with E-state index in [1.807, 2.05) is 0 Å². The van der Waals surface area contributed by atoms with E-state index in [0.29, 0.717) is 5.41 Å². The van der Waals surface area contributed by atoms with Crippen molar-refractivity contribution in [3.8, 4) is 0 Å². The van der Waals surface area contributed by atoms with Gasteiger partial charge in [-0.25, -0.2) is 0 Å². The quantitative estimate of drug-likeness (QED) is 0.810. The Kier molecular flexibility index (Phi) is 4.19. The highest BCUT2D eigenvalue weighted by molar-refractivity contribution is 5.82. The summed E-state index contributed by atoms with van der Waals surface area (Å²) in [7, 11) is 0. The number of fused-ring (bicyclic) bond motifs is 1. The zero-order valence-electron chi connectivity index (χ0n) is 13.5. The first-order valence-electron chi connectivity index (χ1n) is 7.48. The smallest absolute Gasteiger partial charge is 0.0210 e. The SMILES string of the molecule is CC(C)(C)CC(C)(C)NCc1ccc2ccccc2c1. The Balaban J connectivity index is 2.05. The topological polar surface area (TPSA) is 12.0 Å². The van der Waals surface area contributed by atoms with Crippen LogP contribution < -0.4 is 5.32 Å². The lowest BCUT2D eigenvalue weighted by atomic mass is 9.82. The molecule has 2 aromatic carbocycles. The first kappa shape index (κ1) is 15.1. The van der Waals surface area contributed by atoms with E-state index < -0.39 is 0 Å². The second kappa shape index (κ2) is 5.57. The summed E-state index contributed by atoms with van der Waals surface area (Å²) in [5.74, 6) is 0. The van der Waals surface area contributed by atoms with E-state index in [1.165, 1.54) is 16.3 Å². The summed E-state index contributed by atoms with van der Waals surface area (Å²) in [6.45, 7) is 12.4. The average molecular weight is 269 g/mol. The van der Waals surface area contributed by atoms with E-state index >= 15 is 0 Å². The van der Waals surface area contributed by atoms with E-state index in [4.69, 9.17) is 0 Å². The third kappa shape index (κ3) is 4.35. The zero-order valence-corrected chi connectivity index (χ0v) is 13.5. The molecule has 0 spiro atoms. The predicted octanol–water partition coefficient (Wildman–Crippen LogP) is 5.14. The fourth-order valence-corrected chi connectivity index (χ4v) is 3.08. The van der Waals surface area contributed by atoms with Crippen LogP contribution in [0, 0.1) is 5.41 Å². The van der Waals surface area contributed by atoms with Crippen LogP contribution in [0.5, 0.6) is 0 Å². The molecular weight excluding hydrogens is 242 g/mol. The molecule has 0 fully saturated rings. The molecule has 2 rings (SSSR count). The van der Waals surface area contributed by atoms with Crippen molar-refractivity contribution in [2.45, 2.75) is 53.1 Å². The molecule has 0 radical (unpaired) electrons. The van der Waals surface area contributed by atoms with Gasteiger partial charge in [-0.2, -0.15) is 0 Å². The van der Waals surface area contributed by atoms with Crippen molar-refractivity contribution >= 4 is 10.8 Å². The Morgan fingerprint density at radius 2 is 1.50 bits per heavy atom. The molecule has 0 aliphatic carbocycles. The van der Waals surface area contributed by atoms with Gasteiger partial charge in [0.15, 0.2) is 0 Å². The molecule has 0 bridgehead atoms. The molecule has 108 valence electrons. The van der Waals surface area contributed by atoms with E-state index in [2.05, 4.69) is 82.4 Å². The summed E-state index contributed by atoms with van der Waals surface area (Å²) in [5.41, 5.74) is 1.86. The third-order valence-electron chi connectivity index (χ3n) is 3.56. The Morgan fingerprint density at radius 3 is 2.15 bits per heavy atom. The van der Waals surface area contributed by atoms with Gasteiger partial charge in [0.05, 0.1) is 0 Å². The molecule has 0 unspecified atom stereocenters. The first-order chi connectivity index (χ1) is 9.25. The van der Waals surface area contributed by atoms with Gasteiger partial charge in [0, 0.05) is 12.1 Å². The molecule has 0 saturated heterocycles. The lowest BCUT2D eigenvalue weighted by molar-refractivity contribution is 0.241. The van der Waals surface area contributed by atoms with Crippen LogP contribution >= 0.6 is 0 Å². The summed E-state index contributed by atoms with van der Waals surface area (Å²) in [5, 5.41) is 6.33. The van der Waals surface area contributed by atoms with Crippen molar-refractivity contribution in [3.05, 3.63) is 48.0 Å². The van der Waals surface area contributed by atoms with Gasteiger partial charge in [-0.05, 0) is 48.1 Å². The van der Waals surface area contributed by atoms with E-state index in [-0.39, 0.29) is 5.54 Å². The van der Waals surface area contributed by atoms with Crippen molar-refractivity contribution in [3.63, 3.8) is 0 Å². The van der Waals surface area contributed by atoms with Gasteiger partial charge < -0.3 is 5.32 Å². The Bertz CT molecular complexity index is 576. The van der Waals surface area contributed by atoms with Gasteiger partial charge in [0.25, 0.3) is 0 Å². The molecule has 1 heteroatoms. The van der Waals surface area contributed by atoms with Gasteiger partial charge in [-0.1, -0.05) is 57.2 Å². The second-order valence-corrected chi connectivity index (χ2v) is 7.66. The summed E-state index contributed by atoms with van der Waals surface area (Å²) in [4.78, 5) is 0. The van der Waals surface area contributed by atoms with Crippen LogP contribution in [0.2, 0.25) is 0 Å². The molecule has 1 nitrogen and oxygen atoms in total. The maximum Gasteiger partial charge on any atom is 0.0210 e. The van der Waals surface area contributed by atoms with Gasteiger partial charge in [0.2, 0.25) is 0 Å². The normalized spacial score (nSPS) is 12.8. The van der Waals surface area contributed by atoms with Gasteiger partial charge in [-0.3, -0.25) is 0 Å². The molecule has 0 heterocycles. The Hall–Kier alpha value is -1.34. The third-order valence-corrected chi connectivity index (χ3v) is 3.56. The van der Waals surface area contributed by atoms with Gasteiger partial charge >= 0.3 is 0 Å². The zero-order chi connectivity index (χ0) is 14.8. The molecule has 2 aromatic rings. The first-order valence-corrected chi connectivity index (χ1v) is 7.48. The van der Waals surface area contributed by atoms with Crippen LogP contribution in [0.1, 0.15) is 46.6 Å². The molecule has 0 saturated carbocycles. The molecule has 20 heavy (non-hydrogen) atoms. The van der Waals surface area contributed by atoms with Crippen molar-refractivity contribution in [2.75, 3.05) is 0 Å². The van der Waals surface area contributed by atoms with Crippen LogP contribution in [-0.4, -0.2) is 5.54 Å². The molecule has 1 N–H and O–H groups in total. The molecular formula is C19H27N. The molecule has 0 atom stereocenters. The lowest BCUT2D eigenvalue weighted by Crippen LogP contribution is -2.41. The number of benzene rings is 2. The van der Waals surface area contributed by atoms with Crippen LogP contribution in [0.25, 0.3) is 10.8 Å². The summed E-state index contributed by atoms with van der Waals surface area (Å²) < 4.78 is 0. The highest BCUT2D eigenvalue weighted by atomic mass is 14.9. The lowest BCUT2D eigenvalue weighted by Gasteiger charge is -2.33. The van der Waals surface area contributed by atoms with Crippen molar-refractivity contribution in [1.29, 1.82) is 0 Å². The minimum Gasteiger partial charge on any atom is -0.308 e. The monoisotopic (exact) mass is 269 g/mol. The Labute approximate surface area is 123 Å². The summed E-state index contributed by atoms with van der Waals surface area (Å²) in [6.07, 6.45) is 1.16. The van der Waals surface area contributed by atoms with Crippen LogP contribution in [0.15, 0.2) is 42.5 Å². The number of rotatable bonds is 4. The number of hydrogen-bond donors (Lipinski definition) is 1. The number of hydrogen-bond acceptors (Lipinski definition) is 1. The van der Waals surface area contributed by atoms with Gasteiger partial charge in [0.1, 0.15) is 0 Å².